The van der Waals surface area contributed by atoms with Gasteiger partial charge in [0.1, 0.15) is 12.4 Å². The predicted octanol–water partition coefficient (Wildman–Crippen LogP) is 5.95. The van der Waals surface area contributed by atoms with Gasteiger partial charge >= 0.3 is 0 Å². The highest BCUT2D eigenvalue weighted by atomic mass is 35.5. The number of rotatable bonds is 8. The Labute approximate surface area is 173 Å². The number of benzene rings is 2. The molecule has 0 aliphatic heterocycles. The molecule has 0 spiro atoms. The first kappa shape index (κ1) is 19.8. The third kappa shape index (κ3) is 5.06. The van der Waals surface area contributed by atoms with Crippen LogP contribution in [0.25, 0.3) is 0 Å². The lowest BCUT2D eigenvalue weighted by Gasteiger charge is -2.10. The summed E-state index contributed by atoms with van der Waals surface area (Å²) in [6.07, 6.45) is 1.82. The number of aromatic nitrogens is 3. The summed E-state index contributed by atoms with van der Waals surface area (Å²) >= 11 is 13.9. The average Bonchev–Trinajstić information content (AvgIpc) is 3.04. The number of ether oxygens (including phenoxy) is 1. The molecule has 0 aliphatic rings. The van der Waals surface area contributed by atoms with Crippen LogP contribution in [0.2, 0.25) is 10.0 Å². The topological polar surface area (TPSA) is 39.9 Å². The van der Waals surface area contributed by atoms with Crippen molar-refractivity contribution < 1.29 is 4.74 Å². The van der Waals surface area contributed by atoms with E-state index in [-0.39, 0.29) is 0 Å². The zero-order valence-electron chi connectivity index (χ0n) is 14.9. The van der Waals surface area contributed by atoms with Crippen LogP contribution in [0.1, 0.15) is 17.0 Å². The van der Waals surface area contributed by atoms with Gasteiger partial charge in [0.15, 0.2) is 11.0 Å². The van der Waals surface area contributed by atoms with Crippen molar-refractivity contribution >= 4 is 35.0 Å². The molecule has 1 aromatic heterocycles. The normalized spacial score (nSPS) is 10.8. The highest BCUT2D eigenvalue weighted by Gasteiger charge is 2.13. The van der Waals surface area contributed by atoms with E-state index in [9.17, 15) is 0 Å². The van der Waals surface area contributed by atoms with Crippen molar-refractivity contribution in [1.29, 1.82) is 0 Å². The average molecular weight is 420 g/mol. The van der Waals surface area contributed by atoms with E-state index in [1.54, 1.807) is 11.8 Å². The minimum Gasteiger partial charge on any atom is -0.486 e. The molecule has 0 radical (unpaired) electrons. The van der Waals surface area contributed by atoms with E-state index >= 15 is 0 Å². The Hall–Kier alpha value is -1.95. The minimum absolute atomic E-state index is 0.314. The summed E-state index contributed by atoms with van der Waals surface area (Å²) in [6.45, 7) is 6.69. The molecule has 27 heavy (non-hydrogen) atoms. The maximum Gasteiger partial charge on any atom is 0.191 e. The monoisotopic (exact) mass is 419 g/mol. The second-order valence-electron chi connectivity index (χ2n) is 5.88. The van der Waals surface area contributed by atoms with Gasteiger partial charge < -0.3 is 4.74 Å². The van der Waals surface area contributed by atoms with Crippen LogP contribution in [0.3, 0.4) is 0 Å². The van der Waals surface area contributed by atoms with Gasteiger partial charge in [-0.05, 0) is 42.3 Å². The van der Waals surface area contributed by atoms with Crippen LogP contribution in [0.15, 0.2) is 60.3 Å². The van der Waals surface area contributed by atoms with Crippen LogP contribution in [-0.2, 0) is 18.9 Å². The minimum atomic E-state index is 0.314. The van der Waals surface area contributed by atoms with E-state index in [0.29, 0.717) is 18.9 Å². The predicted molar refractivity (Wildman–Crippen MR) is 112 cm³/mol. The molecular formula is C20H19Cl2N3OS. The molecule has 0 saturated carbocycles. The summed E-state index contributed by atoms with van der Waals surface area (Å²) in [7, 11) is 0. The molecule has 0 aliphatic carbocycles. The molecule has 0 fully saturated rings. The SMILES string of the molecule is C=CCn1c(COc2ccc(Cl)c(C)c2)nnc1SCc1ccccc1Cl. The molecule has 4 nitrogen and oxygen atoms in total. The number of nitrogens with zero attached hydrogens (tertiary/aromatic N) is 3. The standard InChI is InChI=1S/C20H19Cl2N3OS/c1-3-10-25-19(12-26-16-8-9-17(21)14(2)11-16)23-24-20(25)27-13-15-6-4-5-7-18(15)22/h3-9,11H,1,10,12-13H2,2H3. The first-order valence-electron chi connectivity index (χ1n) is 8.36. The van der Waals surface area contributed by atoms with Gasteiger partial charge in [-0.25, -0.2) is 0 Å². The first-order valence-corrected chi connectivity index (χ1v) is 10.1. The zero-order chi connectivity index (χ0) is 19.2. The Kier molecular flexibility index (Phi) is 6.83. The maximum absolute atomic E-state index is 6.24. The van der Waals surface area contributed by atoms with Crippen molar-refractivity contribution in [3.05, 3.63) is 82.1 Å². The summed E-state index contributed by atoms with van der Waals surface area (Å²) < 4.78 is 7.86. The van der Waals surface area contributed by atoms with Gasteiger partial charge in [-0.15, -0.1) is 16.8 Å². The van der Waals surface area contributed by atoms with Crippen LogP contribution < -0.4 is 4.74 Å². The molecule has 7 heteroatoms. The van der Waals surface area contributed by atoms with E-state index in [2.05, 4.69) is 16.8 Å². The van der Waals surface area contributed by atoms with Gasteiger partial charge in [0.05, 0.1) is 0 Å². The Bertz CT molecular complexity index is 943. The van der Waals surface area contributed by atoms with Crippen LogP contribution in [0.4, 0.5) is 0 Å². The Balaban J connectivity index is 1.71. The van der Waals surface area contributed by atoms with Crippen molar-refractivity contribution in [2.75, 3.05) is 0 Å². The fraction of sp³-hybridized carbons (Fsp3) is 0.200. The lowest BCUT2D eigenvalue weighted by Crippen LogP contribution is -2.07. The van der Waals surface area contributed by atoms with Gasteiger partial charge in [-0.3, -0.25) is 4.57 Å². The fourth-order valence-electron chi connectivity index (χ4n) is 2.46. The molecule has 0 N–H and O–H groups in total. The fourth-order valence-corrected chi connectivity index (χ4v) is 3.83. The number of halogens is 2. The second-order valence-corrected chi connectivity index (χ2v) is 7.63. The highest BCUT2D eigenvalue weighted by molar-refractivity contribution is 7.98. The number of hydrogen-bond acceptors (Lipinski definition) is 4. The van der Waals surface area contributed by atoms with Crippen molar-refractivity contribution in [3.63, 3.8) is 0 Å². The van der Waals surface area contributed by atoms with Gasteiger partial charge in [0, 0.05) is 22.3 Å². The van der Waals surface area contributed by atoms with Gasteiger partial charge in [-0.1, -0.05) is 59.2 Å². The van der Waals surface area contributed by atoms with E-state index in [1.165, 1.54) is 0 Å². The molecular weight excluding hydrogens is 401 g/mol. The van der Waals surface area contributed by atoms with Crippen LogP contribution >= 0.6 is 35.0 Å². The molecule has 3 rings (SSSR count). The molecule has 0 amide bonds. The van der Waals surface area contributed by atoms with E-state index < -0.39 is 0 Å². The van der Waals surface area contributed by atoms with E-state index in [1.807, 2.05) is 60.0 Å². The van der Waals surface area contributed by atoms with Crippen molar-refractivity contribution in [2.24, 2.45) is 0 Å². The molecule has 140 valence electrons. The first-order chi connectivity index (χ1) is 13.1. The van der Waals surface area contributed by atoms with Crippen molar-refractivity contribution in [2.45, 2.75) is 31.0 Å². The molecule has 3 aromatic rings. The highest BCUT2D eigenvalue weighted by Crippen LogP contribution is 2.27. The summed E-state index contributed by atoms with van der Waals surface area (Å²) in [5.74, 6) is 2.20. The van der Waals surface area contributed by atoms with Crippen LogP contribution in [0.5, 0.6) is 5.75 Å². The van der Waals surface area contributed by atoms with Gasteiger partial charge in [-0.2, -0.15) is 0 Å². The molecule has 1 heterocycles. The van der Waals surface area contributed by atoms with Gasteiger partial charge in [0.25, 0.3) is 0 Å². The number of hydrogen-bond donors (Lipinski definition) is 0. The van der Waals surface area contributed by atoms with Crippen LogP contribution in [0, 0.1) is 6.92 Å². The molecule has 2 aromatic carbocycles. The smallest absolute Gasteiger partial charge is 0.191 e. The van der Waals surface area contributed by atoms with E-state index in [0.717, 1.165) is 37.9 Å². The number of aryl methyl sites for hydroxylation is 1. The lowest BCUT2D eigenvalue weighted by atomic mass is 10.2. The molecule has 0 bridgehead atoms. The Morgan fingerprint density at radius 3 is 2.70 bits per heavy atom. The molecule has 0 saturated heterocycles. The van der Waals surface area contributed by atoms with Crippen LogP contribution in [-0.4, -0.2) is 14.8 Å². The summed E-state index contributed by atoms with van der Waals surface area (Å²) in [5, 5.41) is 10.9. The van der Waals surface area contributed by atoms with Gasteiger partial charge in [0.2, 0.25) is 0 Å². The number of thioether (sulfide) groups is 1. The summed E-state index contributed by atoms with van der Waals surface area (Å²) in [4.78, 5) is 0. The van der Waals surface area contributed by atoms with Crippen molar-refractivity contribution in [3.8, 4) is 5.75 Å². The Morgan fingerprint density at radius 2 is 1.96 bits per heavy atom. The third-order valence-corrected chi connectivity index (χ3v) is 5.73. The lowest BCUT2D eigenvalue weighted by molar-refractivity contribution is 0.289. The Morgan fingerprint density at radius 1 is 1.15 bits per heavy atom. The summed E-state index contributed by atoms with van der Waals surface area (Å²) in [5.41, 5.74) is 2.03. The quantitative estimate of drug-likeness (QED) is 0.334. The summed E-state index contributed by atoms with van der Waals surface area (Å²) in [6, 6.07) is 13.4. The zero-order valence-corrected chi connectivity index (χ0v) is 17.2. The number of allylic oxidation sites excluding steroid dienone is 1. The van der Waals surface area contributed by atoms with Crippen molar-refractivity contribution in [1.82, 2.24) is 14.8 Å². The third-order valence-electron chi connectivity index (χ3n) is 3.92. The second kappa shape index (κ2) is 9.31. The molecule has 0 unspecified atom stereocenters. The van der Waals surface area contributed by atoms with E-state index in [4.69, 9.17) is 27.9 Å². The maximum atomic E-state index is 6.24. The largest absolute Gasteiger partial charge is 0.486 e. The molecule has 0 atom stereocenters.